The molecule has 2 rings (SSSR count). The van der Waals surface area contributed by atoms with Crippen molar-refractivity contribution in [3.8, 4) is 5.75 Å². The number of methoxy groups -OCH3 is 2. The average Bonchev–Trinajstić information content (AvgIpc) is 2.70. The second kappa shape index (κ2) is 12.7. The summed E-state index contributed by atoms with van der Waals surface area (Å²) in [5.74, 6) is -0.800. The van der Waals surface area contributed by atoms with Crippen LogP contribution in [0.1, 0.15) is 20.7 Å². The van der Waals surface area contributed by atoms with Crippen molar-refractivity contribution in [1.29, 1.82) is 0 Å². The molecule has 2 aromatic rings. The standard InChI is InChI=1S/C20H24FN3O4.ClH/c1-27-12-11-22-9-10-23-20(26)17-8-5-15(21)13-18(17)24-19(25)14-3-6-16(28-2)7-4-14;/h3-8,13,22H,9-12H2,1-2H3,(H,23,26)(H,24,25);1H. The molecule has 0 aliphatic heterocycles. The van der Waals surface area contributed by atoms with Gasteiger partial charge >= 0.3 is 0 Å². The third-order valence-corrected chi connectivity index (χ3v) is 3.90. The first-order valence-electron chi connectivity index (χ1n) is 8.78. The number of halogens is 2. The summed E-state index contributed by atoms with van der Waals surface area (Å²) in [6, 6.07) is 10.1. The number of carbonyl (C=O) groups excluding carboxylic acids is 2. The van der Waals surface area contributed by atoms with Gasteiger partial charge in [0, 0.05) is 32.3 Å². The summed E-state index contributed by atoms with van der Waals surface area (Å²) in [6.07, 6.45) is 0. The molecule has 0 aromatic heterocycles. The molecule has 0 fully saturated rings. The lowest BCUT2D eigenvalue weighted by Crippen LogP contribution is -2.33. The van der Waals surface area contributed by atoms with E-state index in [0.29, 0.717) is 37.6 Å². The Morgan fingerprint density at radius 3 is 2.34 bits per heavy atom. The van der Waals surface area contributed by atoms with Crippen LogP contribution >= 0.6 is 12.4 Å². The predicted octanol–water partition coefficient (Wildman–Crippen LogP) is 2.47. The largest absolute Gasteiger partial charge is 0.497 e. The molecule has 0 unspecified atom stereocenters. The van der Waals surface area contributed by atoms with Crippen molar-refractivity contribution in [3.63, 3.8) is 0 Å². The highest BCUT2D eigenvalue weighted by molar-refractivity contribution is 6.09. The Morgan fingerprint density at radius 1 is 0.966 bits per heavy atom. The van der Waals surface area contributed by atoms with Crippen LogP contribution < -0.4 is 20.7 Å². The minimum atomic E-state index is -0.553. The summed E-state index contributed by atoms with van der Waals surface area (Å²) in [4.78, 5) is 24.8. The summed E-state index contributed by atoms with van der Waals surface area (Å²) in [5.41, 5.74) is 0.643. The van der Waals surface area contributed by atoms with Gasteiger partial charge in [-0.05, 0) is 42.5 Å². The summed E-state index contributed by atoms with van der Waals surface area (Å²) in [6.45, 7) is 2.19. The van der Waals surface area contributed by atoms with Crippen LogP contribution in [0.25, 0.3) is 0 Å². The van der Waals surface area contributed by atoms with Gasteiger partial charge in [0.1, 0.15) is 11.6 Å². The lowest BCUT2D eigenvalue weighted by molar-refractivity contribution is 0.0954. The Hall–Kier alpha value is -2.68. The lowest BCUT2D eigenvalue weighted by Gasteiger charge is -2.12. The van der Waals surface area contributed by atoms with E-state index in [2.05, 4.69) is 16.0 Å². The normalized spacial score (nSPS) is 10.0. The smallest absolute Gasteiger partial charge is 0.255 e. The highest BCUT2D eigenvalue weighted by atomic mass is 35.5. The summed E-state index contributed by atoms with van der Waals surface area (Å²) in [7, 11) is 3.14. The summed E-state index contributed by atoms with van der Waals surface area (Å²) < 4.78 is 23.6. The summed E-state index contributed by atoms with van der Waals surface area (Å²) >= 11 is 0. The predicted molar refractivity (Wildman–Crippen MR) is 112 cm³/mol. The molecular weight excluding hydrogens is 401 g/mol. The quantitative estimate of drug-likeness (QED) is 0.509. The van der Waals surface area contributed by atoms with Gasteiger partial charge < -0.3 is 25.4 Å². The van der Waals surface area contributed by atoms with Gasteiger partial charge in [0.05, 0.1) is 25.0 Å². The Morgan fingerprint density at radius 2 is 1.69 bits per heavy atom. The van der Waals surface area contributed by atoms with Crippen LogP contribution in [0.5, 0.6) is 5.75 Å². The van der Waals surface area contributed by atoms with Gasteiger partial charge in [0.15, 0.2) is 0 Å². The molecule has 0 aliphatic carbocycles. The molecule has 0 saturated carbocycles. The Bertz CT molecular complexity index is 803. The molecule has 2 amide bonds. The fourth-order valence-electron chi connectivity index (χ4n) is 2.41. The van der Waals surface area contributed by atoms with Gasteiger partial charge in [0.2, 0.25) is 0 Å². The van der Waals surface area contributed by atoms with Gasteiger partial charge in [-0.15, -0.1) is 12.4 Å². The number of benzene rings is 2. The van der Waals surface area contributed by atoms with Crippen molar-refractivity contribution in [1.82, 2.24) is 10.6 Å². The van der Waals surface area contributed by atoms with Crippen molar-refractivity contribution < 1.29 is 23.5 Å². The third kappa shape index (κ3) is 7.69. The number of amides is 2. The van der Waals surface area contributed by atoms with E-state index in [0.717, 1.165) is 6.07 Å². The third-order valence-electron chi connectivity index (χ3n) is 3.90. The number of rotatable bonds is 10. The molecule has 0 aliphatic rings. The molecule has 0 heterocycles. The number of ether oxygens (including phenoxy) is 2. The SMILES string of the molecule is COCCNCCNC(=O)c1ccc(F)cc1NC(=O)c1ccc(OC)cc1.Cl. The van der Waals surface area contributed by atoms with Gasteiger partial charge in [-0.25, -0.2) is 4.39 Å². The van der Waals surface area contributed by atoms with Gasteiger partial charge in [0.25, 0.3) is 11.8 Å². The van der Waals surface area contributed by atoms with E-state index in [4.69, 9.17) is 9.47 Å². The van der Waals surface area contributed by atoms with Crippen molar-refractivity contribution in [2.75, 3.05) is 45.8 Å². The van der Waals surface area contributed by atoms with Crippen molar-refractivity contribution in [2.45, 2.75) is 0 Å². The second-order valence-corrected chi connectivity index (χ2v) is 5.87. The van der Waals surface area contributed by atoms with Crippen LogP contribution in [0.3, 0.4) is 0 Å². The maximum Gasteiger partial charge on any atom is 0.255 e. The van der Waals surface area contributed by atoms with Crippen LogP contribution in [-0.4, -0.2) is 52.3 Å². The molecular formula is C20H25ClFN3O4. The van der Waals surface area contributed by atoms with Gasteiger partial charge in [-0.2, -0.15) is 0 Å². The molecule has 0 bridgehead atoms. The first kappa shape index (κ1) is 24.4. The van der Waals surface area contributed by atoms with E-state index in [-0.39, 0.29) is 23.7 Å². The molecule has 0 spiro atoms. The zero-order valence-corrected chi connectivity index (χ0v) is 17.1. The molecule has 29 heavy (non-hydrogen) atoms. The first-order chi connectivity index (χ1) is 13.5. The van der Waals surface area contributed by atoms with E-state index in [1.807, 2.05) is 0 Å². The molecule has 2 aromatic carbocycles. The lowest BCUT2D eigenvalue weighted by atomic mass is 10.1. The fraction of sp³-hybridized carbons (Fsp3) is 0.300. The maximum atomic E-state index is 13.7. The minimum absolute atomic E-state index is 0. The molecule has 0 radical (unpaired) electrons. The fourth-order valence-corrected chi connectivity index (χ4v) is 2.41. The first-order valence-corrected chi connectivity index (χ1v) is 8.78. The van der Waals surface area contributed by atoms with Crippen LogP contribution in [0, 0.1) is 5.82 Å². The molecule has 9 heteroatoms. The molecule has 0 atom stereocenters. The Labute approximate surface area is 175 Å². The highest BCUT2D eigenvalue weighted by Gasteiger charge is 2.15. The number of hydrogen-bond donors (Lipinski definition) is 3. The Balaban J connectivity index is 0.00000420. The monoisotopic (exact) mass is 425 g/mol. The second-order valence-electron chi connectivity index (χ2n) is 5.87. The zero-order chi connectivity index (χ0) is 20.4. The van der Waals surface area contributed by atoms with Gasteiger partial charge in [-0.3, -0.25) is 9.59 Å². The number of nitrogens with one attached hydrogen (secondary N) is 3. The summed E-state index contributed by atoms with van der Waals surface area (Å²) in [5, 5.41) is 8.42. The van der Waals surface area contributed by atoms with Gasteiger partial charge in [-0.1, -0.05) is 0 Å². The minimum Gasteiger partial charge on any atom is -0.497 e. The van der Waals surface area contributed by atoms with E-state index >= 15 is 0 Å². The molecule has 7 nitrogen and oxygen atoms in total. The number of anilines is 1. The van der Waals surface area contributed by atoms with Crippen molar-refractivity contribution in [3.05, 3.63) is 59.4 Å². The molecule has 0 saturated heterocycles. The van der Waals surface area contributed by atoms with Crippen LogP contribution in [-0.2, 0) is 4.74 Å². The molecule has 158 valence electrons. The van der Waals surface area contributed by atoms with E-state index < -0.39 is 17.6 Å². The van der Waals surface area contributed by atoms with Crippen molar-refractivity contribution in [2.24, 2.45) is 0 Å². The van der Waals surface area contributed by atoms with Crippen LogP contribution in [0.15, 0.2) is 42.5 Å². The number of carbonyl (C=O) groups is 2. The molecule has 3 N–H and O–H groups in total. The zero-order valence-electron chi connectivity index (χ0n) is 16.3. The number of hydrogen-bond acceptors (Lipinski definition) is 5. The topological polar surface area (TPSA) is 88.7 Å². The van der Waals surface area contributed by atoms with E-state index in [1.165, 1.54) is 19.2 Å². The maximum absolute atomic E-state index is 13.7. The average molecular weight is 426 g/mol. The van der Waals surface area contributed by atoms with Crippen molar-refractivity contribution >= 4 is 29.9 Å². The van der Waals surface area contributed by atoms with Crippen LogP contribution in [0.2, 0.25) is 0 Å². The van der Waals surface area contributed by atoms with Crippen LogP contribution in [0.4, 0.5) is 10.1 Å². The Kier molecular flexibility index (Phi) is 10.7. The van der Waals surface area contributed by atoms with E-state index in [9.17, 15) is 14.0 Å². The highest BCUT2D eigenvalue weighted by Crippen LogP contribution is 2.19. The van der Waals surface area contributed by atoms with E-state index in [1.54, 1.807) is 31.4 Å².